The number of benzene rings is 1. The predicted octanol–water partition coefficient (Wildman–Crippen LogP) is 1.21. The molecule has 0 saturated carbocycles. The molecule has 0 amide bonds. The van der Waals surface area contributed by atoms with Crippen LogP contribution in [0.5, 0.6) is 5.75 Å². The molecule has 58 valence electrons. The van der Waals surface area contributed by atoms with Crippen LogP contribution in [0.1, 0.15) is 0 Å². The Labute approximate surface area is 65.3 Å². The third-order valence-electron chi connectivity index (χ3n) is 1.90. The second kappa shape index (κ2) is 2.05. The first-order valence-electron chi connectivity index (χ1n) is 3.56. The van der Waals surface area contributed by atoms with Gasteiger partial charge in [0.25, 0.3) is 0 Å². The molecular formula is C8H10N2O. The second-order valence-corrected chi connectivity index (χ2v) is 2.71. The van der Waals surface area contributed by atoms with Crippen molar-refractivity contribution in [3.05, 3.63) is 18.2 Å². The number of hydrogen-bond acceptors (Lipinski definition) is 3. The Morgan fingerprint density at radius 1 is 1.55 bits per heavy atom. The lowest BCUT2D eigenvalue weighted by Gasteiger charge is -2.10. The third-order valence-corrected chi connectivity index (χ3v) is 1.90. The first-order valence-corrected chi connectivity index (χ1v) is 3.56. The Bertz CT molecular complexity index is 285. The number of anilines is 2. The van der Waals surface area contributed by atoms with E-state index in [1.165, 1.54) is 0 Å². The van der Waals surface area contributed by atoms with Crippen LogP contribution in [0.2, 0.25) is 0 Å². The Morgan fingerprint density at radius 3 is 3.09 bits per heavy atom. The zero-order chi connectivity index (χ0) is 7.84. The molecule has 1 aromatic carbocycles. The smallest absolute Gasteiger partial charge is 0.141 e. The molecule has 3 heteroatoms. The van der Waals surface area contributed by atoms with Crippen molar-refractivity contribution in [1.29, 1.82) is 0 Å². The summed E-state index contributed by atoms with van der Waals surface area (Å²) in [6.07, 6.45) is 0. The van der Waals surface area contributed by atoms with Crippen molar-refractivity contribution in [3.8, 4) is 5.75 Å². The highest BCUT2D eigenvalue weighted by Gasteiger charge is 2.17. The van der Waals surface area contributed by atoms with Crippen molar-refractivity contribution >= 4 is 11.4 Å². The van der Waals surface area contributed by atoms with Gasteiger partial charge in [-0.15, -0.1) is 0 Å². The van der Waals surface area contributed by atoms with Crippen molar-refractivity contribution < 1.29 is 5.11 Å². The largest absolute Gasteiger partial charge is 0.506 e. The lowest BCUT2D eigenvalue weighted by atomic mass is 10.2. The van der Waals surface area contributed by atoms with E-state index in [9.17, 15) is 5.11 Å². The number of nitrogens with one attached hydrogen (secondary N) is 1. The van der Waals surface area contributed by atoms with Gasteiger partial charge in [0.15, 0.2) is 0 Å². The lowest BCUT2D eigenvalue weighted by molar-refractivity contribution is 0.476. The Kier molecular flexibility index (Phi) is 1.18. The quantitative estimate of drug-likeness (QED) is 0.583. The minimum absolute atomic E-state index is 0.343. The number of para-hydroxylation sites is 1. The van der Waals surface area contributed by atoms with E-state index >= 15 is 0 Å². The van der Waals surface area contributed by atoms with Crippen LogP contribution in [-0.2, 0) is 0 Å². The zero-order valence-electron chi connectivity index (χ0n) is 6.33. The van der Waals surface area contributed by atoms with Gasteiger partial charge < -0.3 is 15.3 Å². The van der Waals surface area contributed by atoms with E-state index in [4.69, 9.17) is 0 Å². The molecule has 0 fully saturated rings. The summed E-state index contributed by atoms with van der Waals surface area (Å²) in [7, 11) is 1.94. The van der Waals surface area contributed by atoms with E-state index in [2.05, 4.69) is 5.32 Å². The highest BCUT2D eigenvalue weighted by molar-refractivity contribution is 5.79. The van der Waals surface area contributed by atoms with Gasteiger partial charge >= 0.3 is 0 Å². The van der Waals surface area contributed by atoms with E-state index in [0.29, 0.717) is 5.75 Å². The molecular weight excluding hydrogens is 140 g/mol. The highest BCUT2D eigenvalue weighted by atomic mass is 16.3. The summed E-state index contributed by atoms with van der Waals surface area (Å²) in [5, 5.41) is 12.6. The molecule has 0 bridgehead atoms. The maximum absolute atomic E-state index is 9.42. The standard InChI is InChI=1S/C8H10N2O/c1-10-5-9-6-3-2-4-7(11)8(6)10/h2-4,9,11H,5H2,1H3. The summed E-state index contributed by atoms with van der Waals surface area (Å²) >= 11 is 0. The maximum atomic E-state index is 9.42. The number of fused-ring (bicyclic) bond motifs is 1. The van der Waals surface area contributed by atoms with Crippen molar-refractivity contribution in [2.45, 2.75) is 0 Å². The summed E-state index contributed by atoms with van der Waals surface area (Å²) in [6, 6.07) is 5.49. The van der Waals surface area contributed by atoms with E-state index < -0.39 is 0 Å². The SMILES string of the molecule is CN1CNc2cccc(O)c21. The molecule has 11 heavy (non-hydrogen) atoms. The van der Waals surface area contributed by atoms with Crippen molar-refractivity contribution in [2.75, 3.05) is 23.9 Å². The van der Waals surface area contributed by atoms with Crippen molar-refractivity contribution in [2.24, 2.45) is 0 Å². The Balaban J connectivity index is 2.58. The van der Waals surface area contributed by atoms with Gasteiger partial charge in [-0.1, -0.05) is 6.07 Å². The van der Waals surface area contributed by atoms with Gasteiger partial charge in [0.1, 0.15) is 11.4 Å². The molecule has 0 saturated heterocycles. The number of aromatic hydroxyl groups is 1. The van der Waals surface area contributed by atoms with Crippen LogP contribution in [-0.4, -0.2) is 18.8 Å². The number of phenolic OH excluding ortho intramolecular Hbond substituents is 1. The summed E-state index contributed by atoms with van der Waals surface area (Å²) in [5.74, 6) is 0.343. The van der Waals surface area contributed by atoms with Crippen LogP contribution in [0.3, 0.4) is 0 Å². The predicted molar refractivity (Wildman–Crippen MR) is 45.0 cm³/mol. The average molecular weight is 150 g/mol. The fraction of sp³-hybridized carbons (Fsp3) is 0.250. The molecule has 2 N–H and O–H groups in total. The normalized spacial score (nSPS) is 14.5. The van der Waals surface area contributed by atoms with Gasteiger partial charge in [0.05, 0.1) is 12.4 Å². The fourth-order valence-corrected chi connectivity index (χ4v) is 1.36. The van der Waals surface area contributed by atoms with Gasteiger partial charge in [-0.05, 0) is 12.1 Å². The molecule has 1 aliphatic rings. The summed E-state index contributed by atoms with van der Waals surface area (Å²) in [4.78, 5) is 1.98. The van der Waals surface area contributed by atoms with Gasteiger partial charge in [-0.2, -0.15) is 0 Å². The zero-order valence-corrected chi connectivity index (χ0v) is 6.33. The summed E-state index contributed by atoms with van der Waals surface area (Å²) in [6.45, 7) is 0.771. The molecule has 0 aliphatic carbocycles. The summed E-state index contributed by atoms with van der Waals surface area (Å²) in [5.41, 5.74) is 1.90. The third kappa shape index (κ3) is 0.808. The maximum Gasteiger partial charge on any atom is 0.141 e. The van der Waals surface area contributed by atoms with Crippen LogP contribution in [0.4, 0.5) is 11.4 Å². The van der Waals surface area contributed by atoms with Gasteiger partial charge in [-0.3, -0.25) is 0 Å². The van der Waals surface area contributed by atoms with Crippen LogP contribution in [0.25, 0.3) is 0 Å². The van der Waals surface area contributed by atoms with Crippen molar-refractivity contribution in [1.82, 2.24) is 0 Å². The van der Waals surface area contributed by atoms with Crippen LogP contribution in [0, 0.1) is 0 Å². The van der Waals surface area contributed by atoms with Crippen LogP contribution >= 0.6 is 0 Å². The molecule has 1 aromatic rings. The van der Waals surface area contributed by atoms with E-state index in [1.807, 2.05) is 24.1 Å². The lowest BCUT2D eigenvalue weighted by Crippen LogP contribution is -2.15. The molecule has 0 unspecified atom stereocenters. The number of hydrogen-bond donors (Lipinski definition) is 2. The van der Waals surface area contributed by atoms with Gasteiger partial charge in [-0.25, -0.2) is 0 Å². The first-order chi connectivity index (χ1) is 5.29. The number of rotatable bonds is 0. The van der Waals surface area contributed by atoms with Crippen LogP contribution in [0.15, 0.2) is 18.2 Å². The van der Waals surface area contributed by atoms with Crippen LogP contribution < -0.4 is 10.2 Å². The average Bonchev–Trinajstić information content (AvgIpc) is 2.34. The summed E-state index contributed by atoms with van der Waals surface area (Å²) < 4.78 is 0. The monoisotopic (exact) mass is 150 g/mol. The molecule has 0 radical (unpaired) electrons. The van der Waals surface area contributed by atoms with Gasteiger partial charge in [0, 0.05) is 7.05 Å². The minimum Gasteiger partial charge on any atom is -0.506 e. The number of phenols is 1. The highest BCUT2D eigenvalue weighted by Crippen LogP contribution is 2.37. The minimum atomic E-state index is 0.343. The second-order valence-electron chi connectivity index (χ2n) is 2.71. The number of nitrogens with zero attached hydrogens (tertiary/aromatic N) is 1. The van der Waals surface area contributed by atoms with E-state index in [1.54, 1.807) is 6.07 Å². The van der Waals surface area contributed by atoms with Gasteiger partial charge in [0.2, 0.25) is 0 Å². The molecule has 0 spiro atoms. The molecule has 3 nitrogen and oxygen atoms in total. The Morgan fingerprint density at radius 2 is 2.36 bits per heavy atom. The molecule has 0 atom stereocenters. The molecule has 1 aliphatic heterocycles. The molecule has 0 aromatic heterocycles. The van der Waals surface area contributed by atoms with Crippen molar-refractivity contribution in [3.63, 3.8) is 0 Å². The fourth-order valence-electron chi connectivity index (χ4n) is 1.36. The molecule has 2 rings (SSSR count). The first kappa shape index (κ1) is 6.34. The Hall–Kier alpha value is -1.38. The van der Waals surface area contributed by atoms with E-state index in [-0.39, 0.29) is 0 Å². The topological polar surface area (TPSA) is 35.5 Å². The van der Waals surface area contributed by atoms with E-state index in [0.717, 1.165) is 18.0 Å². The molecule has 1 heterocycles.